The molecule has 2 heteroatoms. The largest absolute Gasteiger partial charge is 0.496 e. The fraction of sp³-hybridized carbons (Fsp3) is 0.571. The van der Waals surface area contributed by atoms with Crippen LogP contribution in [-0.2, 0) is 0 Å². The zero-order chi connectivity index (χ0) is 12.3. The summed E-state index contributed by atoms with van der Waals surface area (Å²) in [7, 11) is 3.73. The highest BCUT2D eigenvalue weighted by molar-refractivity contribution is 5.40. The number of likely N-dealkylation sites (N-methyl/N-ethyl adjacent to an activating group) is 1. The van der Waals surface area contributed by atoms with Gasteiger partial charge in [-0.25, -0.2) is 0 Å². The van der Waals surface area contributed by atoms with E-state index in [9.17, 15) is 0 Å². The maximum absolute atomic E-state index is 5.43. The van der Waals surface area contributed by atoms with Gasteiger partial charge in [0.2, 0.25) is 0 Å². The van der Waals surface area contributed by atoms with Crippen LogP contribution in [0.4, 0.5) is 0 Å². The summed E-state index contributed by atoms with van der Waals surface area (Å²) in [6.07, 6.45) is 0. The summed E-state index contributed by atoms with van der Waals surface area (Å²) in [6.45, 7) is 8.76. The minimum absolute atomic E-state index is 0.0566. The van der Waals surface area contributed by atoms with Crippen LogP contribution < -0.4 is 10.1 Å². The average Bonchev–Trinajstić information content (AvgIpc) is 2.28. The van der Waals surface area contributed by atoms with Crippen LogP contribution in [0.1, 0.15) is 37.8 Å². The van der Waals surface area contributed by atoms with Gasteiger partial charge in [-0.3, -0.25) is 0 Å². The van der Waals surface area contributed by atoms with Crippen LogP contribution >= 0.6 is 0 Å². The van der Waals surface area contributed by atoms with Crippen molar-refractivity contribution in [2.45, 2.75) is 39.2 Å². The quantitative estimate of drug-likeness (QED) is 0.843. The molecule has 0 saturated heterocycles. The second-order valence-electron chi connectivity index (χ2n) is 4.94. The molecule has 0 aliphatic carbocycles. The van der Waals surface area contributed by atoms with E-state index in [4.69, 9.17) is 4.74 Å². The predicted octanol–water partition coefficient (Wildman–Crippen LogP) is 3.11. The summed E-state index contributed by atoms with van der Waals surface area (Å²) >= 11 is 0. The van der Waals surface area contributed by atoms with Gasteiger partial charge in [-0.15, -0.1) is 0 Å². The summed E-state index contributed by atoms with van der Waals surface area (Å²) in [4.78, 5) is 0. The number of nitrogens with one attached hydrogen (secondary N) is 1. The van der Waals surface area contributed by atoms with Crippen molar-refractivity contribution in [2.24, 2.45) is 0 Å². The predicted molar refractivity (Wildman–Crippen MR) is 69.3 cm³/mol. The van der Waals surface area contributed by atoms with Crippen molar-refractivity contribution in [3.8, 4) is 5.75 Å². The lowest BCUT2D eigenvalue weighted by Gasteiger charge is -2.32. The second kappa shape index (κ2) is 4.88. The third kappa shape index (κ3) is 2.56. The molecule has 1 N–H and O–H groups in total. The SMILES string of the molecule is CNC(C)(C)C(C)c1cc(C)ccc1OC. The van der Waals surface area contributed by atoms with Gasteiger partial charge in [0.1, 0.15) is 5.75 Å². The van der Waals surface area contributed by atoms with Gasteiger partial charge in [0.05, 0.1) is 7.11 Å². The Morgan fingerprint density at radius 1 is 1.31 bits per heavy atom. The molecule has 0 radical (unpaired) electrons. The van der Waals surface area contributed by atoms with Gasteiger partial charge in [0.25, 0.3) is 0 Å². The van der Waals surface area contributed by atoms with E-state index in [0.717, 1.165) is 5.75 Å². The smallest absolute Gasteiger partial charge is 0.122 e. The van der Waals surface area contributed by atoms with Crippen molar-refractivity contribution in [2.75, 3.05) is 14.2 Å². The van der Waals surface area contributed by atoms with Crippen LogP contribution in [0.15, 0.2) is 18.2 Å². The number of hydrogen-bond donors (Lipinski definition) is 1. The Morgan fingerprint density at radius 3 is 2.44 bits per heavy atom. The van der Waals surface area contributed by atoms with Crippen molar-refractivity contribution < 1.29 is 4.74 Å². The lowest BCUT2D eigenvalue weighted by molar-refractivity contribution is 0.343. The van der Waals surface area contributed by atoms with Gasteiger partial charge in [-0.2, -0.15) is 0 Å². The molecule has 2 nitrogen and oxygen atoms in total. The fourth-order valence-corrected chi connectivity index (χ4v) is 1.80. The van der Waals surface area contributed by atoms with Gasteiger partial charge < -0.3 is 10.1 Å². The van der Waals surface area contributed by atoms with Crippen LogP contribution in [-0.4, -0.2) is 19.7 Å². The molecule has 1 unspecified atom stereocenters. The molecule has 16 heavy (non-hydrogen) atoms. The molecule has 0 bridgehead atoms. The summed E-state index contributed by atoms with van der Waals surface area (Å²) in [5, 5.41) is 3.35. The van der Waals surface area contributed by atoms with Gasteiger partial charge >= 0.3 is 0 Å². The number of aryl methyl sites for hydroxylation is 1. The highest BCUT2D eigenvalue weighted by atomic mass is 16.5. The molecule has 0 aliphatic heterocycles. The van der Waals surface area contributed by atoms with E-state index in [0.29, 0.717) is 5.92 Å². The lowest BCUT2D eigenvalue weighted by Crippen LogP contribution is -2.41. The Morgan fingerprint density at radius 2 is 1.94 bits per heavy atom. The van der Waals surface area contributed by atoms with Crippen LogP contribution in [0.2, 0.25) is 0 Å². The molecular weight excluding hydrogens is 198 g/mol. The number of hydrogen-bond acceptors (Lipinski definition) is 2. The summed E-state index contributed by atoms with van der Waals surface area (Å²) in [6, 6.07) is 6.34. The van der Waals surface area contributed by atoms with Gasteiger partial charge in [-0.05, 0) is 39.4 Å². The summed E-state index contributed by atoms with van der Waals surface area (Å²) < 4.78 is 5.43. The first kappa shape index (κ1) is 13.0. The normalized spacial score (nSPS) is 13.6. The van der Waals surface area contributed by atoms with E-state index >= 15 is 0 Å². The van der Waals surface area contributed by atoms with Crippen molar-refractivity contribution in [1.29, 1.82) is 0 Å². The highest BCUT2D eigenvalue weighted by Crippen LogP contribution is 2.34. The molecule has 0 saturated carbocycles. The van der Waals surface area contributed by atoms with Crippen LogP contribution in [0, 0.1) is 6.92 Å². The molecule has 0 heterocycles. The molecule has 0 amide bonds. The molecule has 1 atom stereocenters. The minimum Gasteiger partial charge on any atom is -0.496 e. The molecule has 0 fully saturated rings. The monoisotopic (exact) mass is 221 g/mol. The van der Waals surface area contributed by atoms with Crippen LogP contribution in [0.25, 0.3) is 0 Å². The minimum atomic E-state index is 0.0566. The third-order valence-corrected chi connectivity index (χ3v) is 3.58. The molecule has 1 aromatic rings. The maximum atomic E-state index is 5.43. The molecule has 90 valence electrons. The lowest BCUT2D eigenvalue weighted by atomic mass is 9.82. The van der Waals surface area contributed by atoms with E-state index in [1.54, 1.807) is 7.11 Å². The van der Waals surface area contributed by atoms with Crippen molar-refractivity contribution in [1.82, 2.24) is 5.32 Å². The van der Waals surface area contributed by atoms with E-state index < -0.39 is 0 Å². The molecular formula is C14H23NO. The second-order valence-corrected chi connectivity index (χ2v) is 4.94. The highest BCUT2D eigenvalue weighted by Gasteiger charge is 2.27. The first-order valence-corrected chi connectivity index (χ1v) is 5.76. The molecule has 0 aliphatic rings. The third-order valence-electron chi connectivity index (χ3n) is 3.58. The van der Waals surface area contributed by atoms with Crippen molar-refractivity contribution in [3.63, 3.8) is 0 Å². The number of methoxy groups -OCH3 is 1. The molecule has 0 spiro atoms. The first-order valence-electron chi connectivity index (χ1n) is 5.76. The zero-order valence-electron chi connectivity index (χ0n) is 11.2. The molecule has 1 rings (SSSR count). The Balaban J connectivity index is 3.16. The number of ether oxygens (including phenoxy) is 1. The van der Waals surface area contributed by atoms with Crippen molar-refractivity contribution in [3.05, 3.63) is 29.3 Å². The number of rotatable bonds is 4. The average molecular weight is 221 g/mol. The molecule has 0 aromatic heterocycles. The van der Waals surface area contributed by atoms with E-state index in [-0.39, 0.29) is 5.54 Å². The maximum Gasteiger partial charge on any atom is 0.122 e. The van der Waals surface area contributed by atoms with Crippen LogP contribution in [0.3, 0.4) is 0 Å². The summed E-state index contributed by atoms with van der Waals surface area (Å²) in [5.41, 5.74) is 2.59. The van der Waals surface area contributed by atoms with Gasteiger partial charge in [0, 0.05) is 11.5 Å². The van der Waals surface area contributed by atoms with E-state index in [1.165, 1.54) is 11.1 Å². The van der Waals surface area contributed by atoms with Gasteiger partial charge in [0.15, 0.2) is 0 Å². The van der Waals surface area contributed by atoms with E-state index in [1.807, 2.05) is 13.1 Å². The van der Waals surface area contributed by atoms with Crippen molar-refractivity contribution >= 4 is 0 Å². The summed E-state index contributed by atoms with van der Waals surface area (Å²) in [5.74, 6) is 1.37. The standard InChI is InChI=1S/C14H23NO/c1-10-7-8-13(16-6)12(9-10)11(2)14(3,4)15-5/h7-9,11,15H,1-6H3. The Labute approximate surface area is 99.0 Å². The topological polar surface area (TPSA) is 21.3 Å². The first-order chi connectivity index (χ1) is 7.42. The molecule has 1 aromatic carbocycles. The Hall–Kier alpha value is -1.02. The Bertz CT molecular complexity index is 358. The fourth-order valence-electron chi connectivity index (χ4n) is 1.80. The van der Waals surface area contributed by atoms with Crippen LogP contribution in [0.5, 0.6) is 5.75 Å². The van der Waals surface area contributed by atoms with Gasteiger partial charge in [-0.1, -0.05) is 24.6 Å². The Kier molecular flexibility index (Phi) is 3.98. The number of benzene rings is 1. The van der Waals surface area contributed by atoms with E-state index in [2.05, 4.69) is 45.1 Å². The zero-order valence-corrected chi connectivity index (χ0v) is 11.2.